The van der Waals surface area contributed by atoms with Crippen molar-refractivity contribution in [3.8, 4) is 17.2 Å². The van der Waals surface area contributed by atoms with Crippen molar-refractivity contribution in [2.24, 2.45) is 0 Å². The molecule has 0 radical (unpaired) electrons. The van der Waals surface area contributed by atoms with Crippen LogP contribution in [-0.4, -0.2) is 44.9 Å². The van der Waals surface area contributed by atoms with Crippen molar-refractivity contribution in [1.29, 1.82) is 0 Å². The number of nitrogens with zero attached hydrogens (tertiary/aromatic N) is 1. The van der Waals surface area contributed by atoms with Gasteiger partial charge in [0.15, 0.2) is 11.5 Å². The van der Waals surface area contributed by atoms with Gasteiger partial charge in [0.1, 0.15) is 0 Å². The molecule has 0 saturated carbocycles. The normalized spacial score (nSPS) is 18.0. The van der Waals surface area contributed by atoms with Crippen molar-refractivity contribution in [3.63, 3.8) is 0 Å². The molecule has 1 aromatic rings. The number of ether oxygens (including phenoxy) is 3. The summed E-state index contributed by atoms with van der Waals surface area (Å²) in [5.41, 5.74) is 0.438. The van der Waals surface area contributed by atoms with E-state index < -0.39 is 0 Å². The monoisotopic (exact) mass is 281 g/mol. The molecule has 110 valence electrons. The molecule has 1 fully saturated rings. The third-order valence-corrected chi connectivity index (χ3v) is 3.28. The summed E-state index contributed by atoms with van der Waals surface area (Å²) in [7, 11) is 4.55. The number of hydrogen-bond donors (Lipinski definition) is 0. The Morgan fingerprint density at radius 3 is 2.20 bits per heavy atom. The number of benzene rings is 1. The van der Waals surface area contributed by atoms with Gasteiger partial charge >= 0.3 is 0 Å². The van der Waals surface area contributed by atoms with Crippen LogP contribution in [0.2, 0.25) is 0 Å². The van der Waals surface area contributed by atoms with Crippen LogP contribution in [0, 0.1) is 0 Å². The first-order valence-electron chi connectivity index (χ1n) is 6.38. The Morgan fingerprint density at radius 2 is 1.80 bits per heavy atom. The molecule has 20 heavy (non-hydrogen) atoms. The van der Waals surface area contributed by atoms with E-state index in [0.29, 0.717) is 29.4 Å². The Labute approximate surface area is 118 Å². The fourth-order valence-electron chi connectivity index (χ4n) is 2.16. The zero-order valence-corrected chi connectivity index (χ0v) is 12.1. The maximum absolute atomic E-state index is 12.4. The molecule has 0 N–H and O–H groups in total. The lowest BCUT2D eigenvalue weighted by Crippen LogP contribution is -2.32. The van der Waals surface area contributed by atoms with Crippen LogP contribution in [0.3, 0.4) is 0 Å². The van der Waals surface area contributed by atoms with Crippen LogP contribution in [-0.2, 0) is 4.84 Å². The van der Waals surface area contributed by atoms with Crippen LogP contribution in [0.1, 0.15) is 23.7 Å². The van der Waals surface area contributed by atoms with Crippen molar-refractivity contribution in [3.05, 3.63) is 17.7 Å². The maximum Gasteiger partial charge on any atom is 0.277 e. The molecule has 6 heteroatoms. The van der Waals surface area contributed by atoms with Gasteiger partial charge in [-0.25, -0.2) is 5.06 Å². The molecule has 6 nitrogen and oxygen atoms in total. The summed E-state index contributed by atoms with van der Waals surface area (Å²) in [4.78, 5) is 17.8. The maximum atomic E-state index is 12.4. The van der Waals surface area contributed by atoms with Gasteiger partial charge in [0.05, 0.1) is 34.0 Å². The highest BCUT2D eigenvalue weighted by Gasteiger charge is 2.29. The molecule has 1 unspecified atom stereocenters. The van der Waals surface area contributed by atoms with Gasteiger partial charge in [0, 0.05) is 5.56 Å². The summed E-state index contributed by atoms with van der Waals surface area (Å²) < 4.78 is 15.7. The van der Waals surface area contributed by atoms with Crippen LogP contribution in [0.5, 0.6) is 17.2 Å². The van der Waals surface area contributed by atoms with E-state index in [2.05, 4.69) is 0 Å². The first kappa shape index (κ1) is 14.5. The highest BCUT2D eigenvalue weighted by Crippen LogP contribution is 2.38. The average Bonchev–Trinajstić information content (AvgIpc) is 2.90. The lowest BCUT2D eigenvalue weighted by molar-refractivity contribution is -0.0926. The van der Waals surface area contributed by atoms with Crippen LogP contribution >= 0.6 is 0 Å². The molecule has 1 atom stereocenters. The molecule has 0 spiro atoms. The largest absolute Gasteiger partial charge is 0.493 e. The van der Waals surface area contributed by atoms with Gasteiger partial charge in [-0.1, -0.05) is 0 Å². The van der Waals surface area contributed by atoms with E-state index in [1.165, 1.54) is 26.4 Å². The molecule has 1 heterocycles. The molecule has 0 aromatic heterocycles. The van der Waals surface area contributed by atoms with Gasteiger partial charge in [-0.15, -0.1) is 0 Å². The molecule has 1 aliphatic rings. The molecule has 0 aliphatic carbocycles. The Bertz CT molecular complexity index is 477. The van der Waals surface area contributed by atoms with Gasteiger partial charge in [-0.3, -0.25) is 9.63 Å². The van der Waals surface area contributed by atoms with Crippen molar-refractivity contribution < 1.29 is 23.8 Å². The van der Waals surface area contributed by atoms with Crippen molar-refractivity contribution in [2.45, 2.75) is 19.4 Å². The Morgan fingerprint density at radius 1 is 1.20 bits per heavy atom. The number of methoxy groups -OCH3 is 3. The van der Waals surface area contributed by atoms with Crippen molar-refractivity contribution >= 4 is 5.91 Å². The number of hydrogen-bond acceptors (Lipinski definition) is 5. The second-order valence-electron chi connectivity index (χ2n) is 4.52. The summed E-state index contributed by atoms with van der Waals surface area (Å²) in [6, 6.07) is 3.30. The fraction of sp³-hybridized carbons (Fsp3) is 0.500. The fourth-order valence-corrected chi connectivity index (χ4v) is 2.16. The second kappa shape index (κ2) is 6.00. The van der Waals surface area contributed by atoms with Gasteiger partial charge < -0.3 is 14.2 Å². The highest BCUT2D eigenvalue weighted by atomic mass is 16.7. The van der Waals surface area contributed by atoms with Gasteiger partial charge in [-0.2, -0.15) is 0 Å². The molecule has 2 rings (SSSR count). The lowest BCUT2D eigenvalue weighted by atomic mass is 10.1. The predicted octanol–water partition coefficient (Wildman–Crippen LogP) is 1.88. The number of carbonyl (C=O) groups is 1. The van der Waals surface area contributed by atoms with Crippen LogP contribution in [0.25, 0.3) is 0 Å². The van der Waals surface area contributed by atoms with E-state index >= 15 is 0 Å². The summed E-state index contributed by atoms with van der Waals surface area (Å²) >= 11 is 0. The number of amides is 1. The number of rotatable bonds is 4. The molecule has 1 aliphatic heterocycles. The average molecular weight is 281 g/mol. The Kier molecular flexibility index (Phi) is 4.34. The molecule has 1 saturated heterocycles. The zero-order chi connectivity index (χ0) is 14.7. The predicted molar refractivity (Wildman–Crippen MR) is 72.3 cm³/mol. The van der Waals surface area contributed by atoms with Gasteiger partial charge in [0.25, 0.3) is 5.91 Å². The molecule has 0 bridgehead atoms. The van der Waals surface area contributed by atoms with Crippen LogP contribution in [0.4, 0.5) is 0 Å². The van der Waals surface area contributed by atoms with Crippen LogP contribution in [0.15, 0.2) is 12.1 Å². The number of carbonyl (C=O) groups excluding carboxylic acids is 1. The van der Waals surface area contributed by atoms with Crippen molar-refractivity contribution in [1.82, 2.24) is 5.06 Å². The highest BCUT2D eigenvalue weighted by molar-refractivity contribution is 5.95. The van der Waals surface area contributed by atoms with E-state index in [1.54, 1.807) is 12.1 Å². The summed E-state index contributed by atoms with van der Waals surface area (Å²) in [5, 5.41) is 1.39. The van der Waals surface area contributed by atoms with Crippen molar-refractivity contribution in [2.75, 3.05) is 27.9 Å². The minimum absolute atomic E-state index is 0.0570. The van der Waals surface area contributed by atoms with Gasteiger partial charge in [-0.05, 0) is 25.5 Å². The van der Waals surface area contributed by atoms with E-state index in [0.717, 1.165) is 6.42 Å². The van der Waals surface area contributed by atoms with E-state index in [1.807, 2.05) is 6.92 Å². The summed E-state index contributed by atoms with van der Waals surface area (Å²) in [5.74, 6) is 1.14. The second-order valence-corrected chi connectivity index (χ2v) is 4.52. The summed E-state index contributed by atoms with van der Waals surface area (Å²) in [6.07, 6.45) is 0.830. The zero-order valence-electron chi connectivity index (χ0n) is 12.1. The molecule has 1 aromatic carbocycles. The minimum atomic E-state index is -0.214. The molecular formula is C14H19NO5. The topological polar surface area (TPSA) is 57.2 Å². The standard InChI is InChI=1S/C14H19NO5/c1-9-5-6-20-15(9)14(16)10-7-11(17-2)13(19-4)12(8-10)18-3/h7-9H,5-6H2,1-4H3. The van der Waals surface area contributed by atoms with E-state index in [4.69, 9.17) is 19.0 Å². The number of hydroxylamine groups is 2. The third kappa shape index (κ3) is 2.51. The third-order valence-electron chi connectivity index (χ3n) is 3.28. The lowest BCUT2D eigenvalue weighted by Gasteiger charge is -2.20. The van der Waals surface area contributed by atoms with E-state index in [9.17, 15) is 4.79 Å². The van der Waals surface area contributed by atoms with Crippen LogP contribution < -0.4 is 14.2 Å². The molecular weight excluding hydrogens is 262 g/mol. The SMILES string of the molecule is COc1cc(C(=O)N2OCCC2C)cc(OC)c1OC. The quantitative estimate of drug-likeness (QED) is 0.843. The van der Waals surface area contributed by atoms with Gasteiger partial charge in [0.2, 0.25) is 5.75 Å². The molecule has 1 amide bonds. The van der Waals surface area contributed by atoms with E-state index in [-0.39, 0.29) is 11.9 Å². The first-order chi connectivity index (χ1) is 9.62. The first-order valence-corrected chi connectivity index (χ1v) is 6.38. The minimum Gasteiger partial charge on any atom is -0.493 e. The Hall–Kier alpha value is -1.95. The summed E-state index contributed by atoms with van der Waals surface area (Å²) in [6.45, 7) is 2.50. The smallest absolute Gasteiger partial charge is 0.277 e. The Balaban J connectivity index is 2.39.